The summed E-state index contributed by atoms with van der Waals surface area (Å²) in [6.07, 6.45) is 10.7. The molecule has 1 aromatic heterocycles. The van der Waals surface area contributed by atoms with Crippen LogP contribution in [0.4, 0.5) is 4.39 Å². The first-order valence-electron chi connectivity index (χ1n) is 10.7. The quantitative estimate of drug-likeness (QED) is 0.620. The Balaban J connectivity index is 1.24. The Kier molecular flexibility index (Phi) is 6.16. The fourth-order valence-corrected chi connectivity index (χ4v) is 4.63. The summed E-state index contributed by atoms with van der Waals surface area (Å²) in [6.45, 7) is 7.19. The van der Waals surface area contributed by atoms with Gasteiger partial charge in [-0.1, -0.05) is 29.5 Å². The lowest BCUT2D eigenvalue weighted by atomic mass is 9.82. The number of allylic oxidation sites excluding steroid dienone is 2. The molecule has 30 heavy (non-hydrogen) atoms. The summed E-state index contributed by atoms with van der Waals surface area (Å²) in [6, 6.07) is 4.63. The van der Waals surface area contributed by atoms with Crippen molar-refractivity contribution < 1.29 is 18.4 Å². The largest absolute Gasteiger partial charge is 0.370 e. The van der Waals surface area contributed by atoms with Gasteiger partial charge >= 0.3 is 0 Å². The predicted octanol–water partition coefficient (Wildman–Crippen LogP) is 4.64. The molecular weight excluding hydrogens is 383 g/mol. The topological polar surface area (TPSA) is 55.6 Å². The minimum absolute atomic E-state index is 0.128. The van der Waals surface area contributed by atoms with Crippen molar-refractivity contribution in [2.45, 2.75) is 44.6 Å². The molecule has 5 nitrogen and oxygen atoms in total. The van der Waals surface area contributed by atoms with Crippen molar-refractivity contribution in [3.8, 4) is 0 Å². The lowest BCUT2D eigenvalue weighted by molar-refractivity contribution is -0.127. The number of nitrogens with zero attached hydrogens (tertiary/aromatic N) is 2. The van der Waals surface area contributed by atoms with Gasteiger partial charge in [-0.3, -0.25) is 4.79 Å². The van der Waals surface area contributed by atoms with Crippen molar-refractivity contribution in [2.24, 2.45) is 5.92 Å². The zero-order valence-corrected chi connectivity index (χ0v) is 17.6. The molecule has 2 atom stereocenters. The van der Waals surface area contributed by atoms with E-state index in [9.17, 15) is 9.18 Å². The van der Waals surface area contributed by atoms with Crippen molar-refractivity contribution in [1.82, 2.24) is 10.1 Å². The maximum atomic E-state index is 13.4. The van der Waals surface area contributed by atoms with E-state index in [2.05, 4.69) is 10.1 Å². The minimum atomic E-state index is -0.555. The number of carbonyl (C=O) groups excluding carboxylic acids is 1. The molecule has 0 saturated carbocycles. The second kappa shape index (κ2) is 8.82. The number of hydrogen-bond acceptors (Lipinski definition) is 5. The van der Waals surface area contributed by atoms with Gasteiger partial charge in [-0.2, -0.15) is 0 Å². The molecule has 1 saturated heterocycles. The van der Waals surface area contributed by atoms with Gasteiger partial charge in [-0.05, 0) is 58.3 Å². The minimum Gasteiger partial charge on any atom is -0.370 e. The van der Waals surface area contributed by atoms with Gasteiger partial charge in [0.25, 0.3) is 0 Å². The number of fused-ring (bicyclic) bond motifs is 1. The fraction of sp³-hybridized carbons (Fsp3) is 0.500. The summed E-state index contributed by atoms with van der Waals surface area (Å²) in [5, 5.41) is 5.14. The molecule has 0 N–H and O–H groups in total. The number of carbonyl (C=O) groups is 1. The van der Waals surface area contributed by atoms with Crippen molar-refractivity contribution in [3.63, 3.8) is 0 Å². The average molecular weight is 413 g/mol. The highest BCUT2D eigenvalue weighted by Gasteiger charge is 2.35. The Morgan fingerprint density at radius 1 is 1.33 bits per heavy atom. The van der Waals surface area contributed by atoms with E-state index in [0.717, 1.165) is 50.0 Å². The molecule has 2 aromatic rings. The van der Waals surface area contributed by atoms with E-state index < -0.39 is 5.60 Å². The first-order chi connectivity index (χ1) is 14.5. The standard InChI is InChI=1S/C24H29FN2O3/c1-17(28)21-6-3-4-11-24(21,2)29-15-5-12-27-13-9-18(10-14-27)23-20-8-7-19(25)16-22(20)30-26-23/h3-4,6-8,11,16,18,21H,5,9-10,12-15H2,1-2H3. The molecule has 160 valence electrons. The number of benzene rings is 1. The van der Waals surface area contributed by atoms with E-state index in [0.29, 0.717) is 18.1 Å². The molecule has 2 heterocycles. The number of rotatable bonds is 7. The van der Waals surface area contributed by atoms with Crippen LogP contribution < -0.4 is 0 Å². The number of ketones is 1. The van der Waals surface area contributed by atoms with Crippen LogP contribution in [0.2, 0.25) is 0 Å². The number of halogens is 1. The van der Waals surface area contributed by atoms with Crippen LogP contribution in [0.1, 0.15) is 44.7 Å². The van der Waals surface area contributed by atoms with Crippen LogP contribution in [0.25, 0.3) is 11.0 Å². The lowest BCUT2D eigenvalue weighted by Gasteiger charge is -2.34. The third-order valence-electron chi connectivity index (χ3n) is 6.37. The maximum Gasteiger partial charge on any atom is 0.170 e. The monoisotopic (exact) mass is 412 g/mol. The van der Waals surface area contributed by atoms with E-state index in [1.54, 1.807) is 13.0 Å². The van der Waals surface area contributed by atoms with Gasteiger partial charge in [0.15, 0.2) is 5.58 Å². The highest BCUT2D eigenvalue weighted by molar-refractivity contribution is 5.82. The number of Topliss-reactive ketones (excluding diaryl/α,β-unsaturated/α-hetero) is 1. The van der Waals surface area contributed by atoms with Crippen molar-refractivity contribution in [3.05, 3.63) is 54.0 Å². The lowest BCUT2D eigenvalue weighted by Crippen LogP contribution is -2.40. The van der Waals surface area contributed by atoms with Gasteiger partial charge in [0.05, 0.1) is 17.2 Å². The van der Waals surface area contributed by atoms with Crippen LogP contribution in [0.15, 0.2) is 47.0 Å². The molecule has 1 aromatic carbocycles. The van der Waals surface area contributed by atoms with Crippen molar-refractivity contribution in [1.29, 1.82) is 0 Å². The Bertz CT molecular complexity index is 959. The van der Waals surface area contributed by atoms with Gasteiger partial charge in [0.1, 0.15) is 11.6 Å². The zero-order chi connectivity index (χ0) is 21.1. The molecule has 0 amide bonds. The Morgan fingerprint density at radius 3 is 2.90 bits per heavy atom. The van der Waals surface area contributed by atoms with Crippen molar-refractivity contribution >= 4 is 16.8 Å². The Hall–Kier alpha value is -2.31. The molecule has 4 rings (SSSR count). The maximum absolute atomic E-state index is 13.4. The van der Waals surface area contributed by atoms with Crippen LogP contribution >= 0.6 is 0 Å². The second-order valence-electron chi connectivity index (χ2n) is 8.54. The molecule has 1 fully saturated rings. The number of hydrogen-bond donors (Lipinski definition) is 0. The number of ether oxygens (including phenoxy) is 1. The average Bonchev–Trinajstić information content (AvgIpc) is 3.15. The van der Waals surface area contributed by atoms with Crippen molar-refractivity contribution in [2.75, 3.05) is 26.2 Å². The summed E-state index contributed by atoms with van der Waals surface area (Å²) in [7, 11) is 0. The van der Waals surface area contributed by atoms with Crippen LogP contribution in [0, 0.1) is 11.7 Å². The number of likely N-dealkylation sites (tertiary alicyclic amines) is 1. The second-order valence-corrected chi connectivity index (χ2v) is 8.54. The summed E-state index contributed by atoms with van der Waals surface area (Å²) in [5.41, 5.74) is 0.919. The molecule has 6 heteroatoms. The van der Waals surface area contributed by atoms with Gasteiger partial charge < -0.3 is 14.2 Å². The summed E-state index contributed by atoms with van der Waals surface area (Å²) in [4.78, 5) is 14.4. The predicted molar refractivity (Wildman–Crippen MR) is 114 cm³/mol. The van der Waals surface area contributed by atoms with Gasteiger partial charge in [0.2, 0.25) is 0 Å². The molecule has 1 aliphatic carbocycles. The molecular formula is C24H29FN2O3. The smallest absolute Gasteiger partial charge is 0.170 e. The highest BCUT2D eigenvalue weighted by atomic mass is 19.1. The first-order valence-corrected chi connectivity index (χ1v) is 10.7. The molecule has 0 radical (unpaired) electrons. The molecule has 0 spiro atoms. The molecule has 0 bridgehead atoms. The summed E-state index contributed by atoms with van der Waals surface area (Å²) >= 11 is 0. The Labute approximate surface area is 176 Å². The number of aromatic nitrogens is 1. The van der Waals surface area contributed by atoms with E-state index in [-0.39, 0.29) is 17.5 Å². The van der Waals surface area contributed by atoms with Crippen LogP contribution in [0.3, 0.4) is 0 Å². The van der Waals surface area contributed by atoms with Crippen LogP contribution in [-0.4, -0.2) is 47.7 Å². The summed E-state index contributed by atoms with van der Waals surface area (Å²) < 4.78 is 24.8. The SMILES string of the molecule is CC(=O)C1C=CC=CC1(C)OCCCN1CCC(c2noc3cc(F)ccc23)CC1. The van der Waals surface area contributed by atoms with E-state index in [4.69, 9.17) is 9.26 Å². The molecule has 2 unspecified atom stereocenters. The molecule has 2 aliphatic rings. The van der Waals surface area contributed by atoms with E-state index in [1.165, 1.54) is 12.1 Å². The zero-order valence-electron chi connectivity index (χ0n) is 17.6. The van der Waals surface area contributed by atoms with Crippen LogP contribution in [0.5, 0.6) is 0 Å². The van der Waals surface area contributed by atoms with Gasteiger partial charge in [-0.25, -0.2) is 4.39 Å². The van der Waals surface area contributed by atoms with E-state index in [1.807, 2.05) is 31.2 Å². The summed E-state index contributed by atoms with van der Waals surface area (Å²) in [5.74, 6) is -0.0450. The highest BCUT2D eigenvalue weighted by Crippen LogP contribution is 2.33. The fourth-order valence-electron chi connectivity index (χ4n) is 4.63. The Morgan fingerprint density at radius 2 is 2.13 bits per heavy atom. The first kappa shape index (κ1) is 20.9. The third kappa shape index (κ3) is 4.40. The van der Waals surface area contributed by atoms with Crippen LogP contribution in [-0.2, 0) is 9.53 Å². The normalized spacial score (nSPS) is 25.2. The van der Waals surface area contributed by atoms with Gasteiger partial charge in [-0.15, -0.1) is 0 Å². The van der Waals surface area contributed by atoms with E-state index >= 15 is 0 Å². The van der Waals surface area contributed by atoms with Gasteiger partial charge in [0, 0.05) is 30.5 Å². The third-order valence-corrected chi connectivity index (χ3v) is 6.37. The number of piperidine rings is 1. The molecule has 1 aliphatic heterocycles.